The highest BCUT2D eigenvalue weighted by molar-refractivity contribution is 5.97. The van der Waals surface area contributed by atoms with Crippen LogP contribution in [0.25, 0.3) is 0 Å². The molecule has 0 fully saturated rings. The average Bonchev–Trinajstić information content (AvgIpc) is 3.19. The van der Waals surface area contributed by atoms with Gasteiger partial charge >= 0.3 is 0 Å². The number of para-hydroxylation sites is 1. The molecule has 1 aliphatic heterocycles. The van der Waals surface area contributed by atoms with Crippen LogP contribution in [0.15, 0.2) is 71.5 Å². The van der Waals surface area contributed by atoms with Crippen LogP contribution in [0.1, 0.15) is 23.7 Å². The summed E-state index contributed by atoms with van der Waals surface area (Å²) in [4.78, 5) is 19.4. The van der Waals surface area contributed by atoms with Crippen LogP contribution < -0.4 is 9.64 Å². The van der Waals surface area contributed by atoms with E-state index in [1.54, 1.807) is 17.4 Å². The maximum absolute atomic E-state index is 13.4. The Morgan fingerprint density at radius 3 is 2.80 bits per heavy atom. The molecule has 1 unspecified atom stereocenters. The Balaban J connectivity index is 1.69. The van der Waals surface area contributed by atoms with Gasteiger partial charge in [0.25, 0.3) is 0 Å². The Kier molecular flexibility index (Phi) is 4.21. The third kappa shape index (κ3) is 3.13. The fourth-order valence-electron chi connectivity index (χ4n) is 3.13. The van der Waals surface area contributed by atoms with Crippen molar-refractivity contribution >= 4 is 11.7 Å². The summed E-state index contributed by atoms with van der Waals surface area (Å²) in [5.74, 6) is 1.88. The summed E-state index contributed by atoms with van der Waals surface area (Å²) in [6.07, 6.45) is 3.95. The minimum Gasteiger partial charge on any atom is -0.493 e. The number of nitrogens with zero attached hydrogens (tertiary/aromatic N) is 2. The zero-order chi connectivity index (χ0) is 17.1. The molecule has 1 atom stereocenters. The van der Waals surface area contributed by atoms with Gasteiger partial charge < -0.3 is 9.15 Å². The Bertz CT molecular complexity index is 846. The summed E-state index contributed by atoms with van der Waals surface area (Å²) in [5, 5.41) is 0. The molecule has 5 heteroatoms. The van der Waals surface area contributed by atoms with Gasteiger partial charge in [0.1, 0.15) is 17.3 Å². The van der Waals surface area contributed by atoms with Gasteiger partial charge in [-0.3, -0.25) is 9.69 Å². The predicted octanol–water partition coefficient (Wildman–Crippen LogP) is 3.77. The number of rotatable bonds is 4. The second-order valence-corrected chi connectivity index (χ2v) is 5.92. The zero-order valence-electron chi connectivity index (χ0n) is 13.7. The standard InChI is InChI=1S/C20H18N2O3/c23-20(17-10-13-25-18-8-2-1-7-16(17)18)22(14-15-6-5-12-24-15)19-9-3-4-11-21-19/h1-9,11-12,17H,10,13-14H2. The summed E-state index contributed by atoms with van der Waals surface area (Å²) in [5.41, 5.74) is 0.930. The number of benzene rings is 1. The van der Waals surface area contributed by atoms with Crippen LogP contribution in [0.4, 0.5) is 5.82 Å². The highest BCUT2D eigenvalue weighted by atomic mass is 16.5. The summed E-state index contributed by atoms with van der Waals surface area (Å²) in [6.45, 7) is 0.882. The SMILES string of the molecule is O=C(C1CCOc2ccccc21)N(Cc1ccco1)c1ccccn1. The van der Waals surface area contributed by atoms with Gasteiger partial charge in [0.2, 0.25) is 5.91 Å². The largest absolute Gasteiger partial charge is 0.493 e. The molecule has 126 valence electrons. The van der Waals surface area contributed by atoms with Crippen molar-refractivity contribution in [1.82, 2.24) is 4.98 Å². The van der Waals surface area contributed by atoms with Crippen LogP contribution >= 0.6 is 0 Å². The van der Waals surface area contributed by atoms with Crippen molar-refractivity contribution in [2.75, 3.05) is 11.5 Å². The van der Waals surface area contributed by atoms with Crippen LogP contribution in [0.5, 0.6) is 5.75 Å². The molecule has 1 aliphatic rings. The molecule has 4 rings (SSSR count). The molecule has 1 amide bonds. The van der Waals surface area contributed by atoms with Gasteiger partial charge in [0, 0.05) is 11.8 Å². The van der Waals surface area contributed by atoms with E-state index in [9.17, 15) is 4.79 Å². The normalized spacial score (nSPS) is 15.9. The number of fused-ring (bicyclic) bond motifs is 1. The van der Waals surface area contributed by atoms with Crippen molar-refractivity contribution in [2.45, 2.75) is 18.9 Å². The van der Waals surface area contributed by atoms with Crippen LogP contribution in [0, 0.1) is 0 Å². The van der Waals surface area contributed by atoms with Crippen molar-refractivity contribution in [3.05, 3.63) is 78.4 Å². The van der Waals surface area contributed by atoms with E-state index in [-0.39, 0.29) is 11.8 Å². The Morgan fingerprint density at radius 2 is 2.00 bits per heavy atom. The first kappa shape index (κ1) is 15.4. The van der Waals surface area contributed by atoms with E-state index in [1.807, 2.05) is 54.6 Å². The third-order valence-corrected chi connectivity index (χ3v) is 4.34. The smallest absolute Gasteiger partial charge is 0.236 e. The predicted molar refractivity (Wildman–Crippen MR) is 93.4 cm³/mol. The number of hydrogen-bond donors (Lipinski definition) is 0. The van der Waals surface area contributed by atoms with E-state index in [2.05, 4.69) is 4.98 Å². The van der Waals surface area contributed by atoms with Gasteiger partial charge in [-0.05, 0) is 36.8 Å². The van der Waals surface area contributed by atoms with Gasteiger partial charge in [-0.25, -0.2) is 4.98 Å². The number of hydrogen-bond acceptors (Lipinski definition) is 4. The average molecular weight is 334 g/mol. The third-order valence-electron chi connectivity index (χ3n) is 4.34. The number of furan rings is 1. The molecule has 0 saturated heterocycles. The topological polar surface area (TPSA) is 55.6 Å². The van der Waals surface area contributed by atoms with E-state index in [0.717, 1.165) is 17.1 Å². The minimum atomic E-state index is -0.248. The molecule has 3 heterocycles. The molecule has 0 bridgehead atoms. The zero-order valence-corrected chi connectivity index (χ0v) is 13.7. The fourth-order valence-corrected chi connectivity index (χ4v) is 3.13. The molecule has 0 spiro atoms. The Labute approximate surface area is 145 Å². The number of anilines is 1. The maximum Gasteiger partial charge on any atom is 0.236 e. The number of pyridine rings is 1. The highest BCUT2D eigenvalue weighted by Crippen LogP contribution is 2.35. The van der Waals surface area contributed by atoms with Crippen molar-refractivity contribution in [3.8, 4) is 5.75 Å². The first-order chi connectivity index (χ1) is 12.3. The lowest BCUT2D eigenvalue weighted by atomic mass is 9.91. The molecule has 3 aromatic rings. The first-order valence-corrected chi connectivity index (χ1v) is 8.29. The minimum absolute atomic E-state index is 0.00542. The number of carbonyl (C=O) groups is 1. The van der Waals surface area contributed by atoms with Crippen molar-refractivity contribution in [3.63, 3.8) is 0 Å². The lowest BCUT2D eigenvalue weighted by molar-refractivity contribution is -0.120. The lowest BCUT2D eigenvalue weighted by Gasteiger charge is -2.30. The maximum atomic E-state index is 13.4. The summed E-state index contributed by atoms with van der Waals surface area (Å²) < 4.78 is 11.1. The molecule has 25 heavy (non-hydrogen) atoms. The van der Waals surface area contributed by atoms with Crippen LogP contribution in [-0.4, -0.2) is 17.5 Å². The second-order valence-electron chi connectivity index (χ2n) is 5.92. The molecule has 2 aromatic heterocycles. The van der Waals surface area contributed by atoms with Gasteiger partial charge in [-0.15, -0.1) is 0 Å². The van der Waals surface area contributed by atoms with Gasteiger partial charge in [-0.2, -0.15) is 0 Å². The summed E-state index contributed by atoms with van der Waals surface area (Å²) >= 11 is 0. The molecule has 0 radical (unpaired) electrons. The van der Waals surface area contributed by atoms with Crippen LogP contribution in [-0.2, 0) is 11.3 Å². The van der Waals surface area contributed by atoms with Crippen molar-refractivity contribution < 1.29 is 13.9 Å². The van der Waals surface area contributed by atoms with Gasteiger partial charge in [0.05, 0.1) is 25.3 Å². The lowest BCUT2D eigenvalue weighted by Crippen LogP contribution is -2.37. The fraction of sp³-hybridized carbons (Fsp3) is 0.200. The number of carbonyl (C=O) groups excluding carboxylic acids is 1. The summed E-state index contributed by atoms with van der Waals surface area (Å²) in [6, 6.07) is 17.0. The quantitative estimate of drug-likeness (QED) is 0.729. The van der Waals surface area contributed by atoms with Crippen LogP contribution in [0.2, 0.25) is 0 Å². The molecule has 0 saturated carbocycles. The first-order valence-electron chi connectivity index (χ1n) is 8.29. The molecule has 1 aromatic carbocycles. The Morgan fingerprint density at radius 1 is 1.12 bits per heavy atom. The van der Waals surface area contributed by atoms with E-state index < -0.39 is 0 Å². The molecule has 5 nitrogen and oxygen atoms in total. The van der Waals surface area contributed by atoms with Gasteiger partial charge in [-0.1, -0.05) is 24.3 Å². The van der Waals surface area contributed by atoms with E-state index >= 15 is 0 Å². The number of amides is 1. The monoisotopic (exact) mass is 334 g/mol. The Hall–Kier alpha value is -3.08. The molecule has 0 aliphatic carbocycles. The van der Waals surface area contributed by atoms with Crippen molar-refractivity contribution in [1.29, 1.82) is 0 Å². The molecule has 0 N–H and O–H groups in total. The molecular weight excluding hydrogens is 316 g/mol. The molecular formula is C20H18N2O3. The van der Waals surface area contributed by atoms with E-state index in [0.29, 0.717) is 25.4 Å². The van der Waals surface area contributed by atoms with Crippen LogP contribution in [0.3, 0.4) is 0 Å². The number of aromatic nitrogens is 1. The van der Waals surface area contributed by atoms with E-state index in [1.165, 1.54) is 0 Å². The van der Waals surface area contributed by atoms with E-state index in [4.69, 9.17) is 9.15 Å². The highest BCUT2D eigenvalue weighted by Gasteiger charge is 2.32. The number of ether oxygens (including phenoxy) is 1. The summed E-state index contributed by atoms with van der Waals surface area (Å²) in [7, 11) is 0. The second kappa shape index (κ2) is 6.81. The van der Waals surface area contributed by atoms with Crippen molar-refractivity contribution in [2.24, 2.45) is 0 Å². The van der Waals surface area contributed by atoms with Gasteiger partial charge in [0.15, 0.2) is 0 Å².